The number of halogens is 3. The van der Waals surface area contributed by atoms with Crippen molar-refractivity contribution in [1.82, 2.24) is 9.62 Å². The Labute approximate surface area is 239 Å². The van der Waals surface area contributed by atoms with Gasteiger partial charge in [0.15, 0.2) is 0 Å². The smallest absolute Gasteiger partial charge is 0.225 e. The molecule has 0 radical (unpaired) electrons. The Kier molecular flexibility index (Phi) is 8.82. The molecule has 1 amide bonds. The van der Waals surface area contributed by atoms with Gasteiger partial charge >= 0.3 is 0 Å². The minimum absolute atomic E-state index is 0.125. The van der Waals surface area contributed by atoms with E-state index in [4.69, 9.17) is 0 Å². The fourth-order valence-electron chi connectivity index (χ4n) is 5.73. The van der Waals surface area contributed by atoms with Crippen LogP contribution in [0.3, 0.4) is 0 Å². The van der Waals surface area contributed by atoms with Crippen LogP contribution in [-0.4, -0.2) is 49.1 Å². The molecule has 5 rings (SSSR count). The fraction of sp³-hybridized carbons (Fsp3) is 0.387. The van der Waals surface area contributed by atoms with Gasteiger partial charge in [0, 0.05) is 48.8 Å². The highest BCUT2D eigenvalue weighted by molar-refractivity contribution is 7.90. The zero-order valence-electron chi connectivity index (χ0n) is 22.8. The lowest BCUT2D eigenvalue weighted by atomic mass is 9.88. The van der Waals surface area contributed by atoms with Crippen LogP contribution in [0.25, 0.3) is 0 Å². The van der Waals surface area contributed by atoms with Crippen LogP contribution in [-0.2, 0) is 21.2 Å². The number of anilines is 1. The summed E-state index contributed by atoms with van der Waals surface area (Å²) in [6, 6.07) is 15.5. The van der Waals surface area contributed by atoms with Crippen molar-refractivity contribution in [1.29, 1.82) is 0 Å². The lowest BCUT2D eigenvalue weighted by Crippen LogP contribution is -2.59. The summed E-state index contributed by atoms with van der Waals surface area (Å²) in [5.74, 6) is -2.51. The molecule has 2 N–H and O–H groups in total. The maximum atomic E-state index is 15.1. The maximum absolute atomic E-state index is 15.1. The second-order valence-electron chi connectivity index (χ2n) is 11.0. The summed E-state index contributed by atoms with van der Waals surface area (Å²) in [7, 11) is -3.43. The zero-order valence-corrected chi connectivity index (χ0v) is 23.6. The van der Waals surface area contributed by atoms with Crippen LogP contribution in [0.5, 0.6) is 0 Å². The van der Waals surface area contributed by atoms with E-state index in [1.165, 1.54) is 48.5 Å². The van der Waals surface area contributed by atoms with Crippen LogP contribution >= 0.6 is 0 Å². The van der Waals surface area contributed by atoms with E-state index in [1.807, 2.05) is 6.92 Å². The molecule has 218 valence electrons. The van der Waals surface area contributed by atoms with E-state index in [2.05, 4.69) is 10.6 Å². The molecule has 2 aliphatic rings. The lowest BCUT2D eigenvalue weighted by molar-refractivity contribution is -0.116. The molecule has 1 saturated carbocycles. The van der Waals surface area contributed by atoms with Crippen LogP contribution in [0, 0.1) is 17.5 Å². The van der Waals surface area contributed by atoms with Crippen molar-refractivity contribution < 1.29 is 26.4 Å². The molecule has 0 bridgehead atoms. The summed E-state index contributed by atoms with van der Waals surface area (Å²) in [5.41, 5.74) is 1.61. The summed E-state index contributed by atoms with van der Waals surface area (Å²) in [4.78, 5) is 13.3. The number of nitrogens with zero attached hydrogens (tertiary/aromatic N) is 1. The van der Waals surface area contributed by atoms with E-state index in [0.717, 1.165) is 0 Å². The van der Waals surface area contributed by atoms with Crippen molar-refractivity contribution in [2.75, 3.05) is 18.4 Å². The molecule has 1 aliphatic carbocycles. The van der Waals surface area contributed by atoms with Crippen molar-refractivity contribution in [2.24, 2.45) is 0 Å². The highest BCUT2D eigenvalue weighted by Crippen LogP contribution is 2.35. The van der Waals surface area contributed by atoms with Gasteiger partial charge in [0.25, 0.3) is 0 Å². The molecular formula is C31H34F3N3O3S. The fourth-order valence-corrected chi connectivity index (χ4v) is 7.97. The molecular weight excluding hydrogens is 551 g/mol. The number of amides is 1. The van der Waals surface area contributed by atoms with E-state index < -0.39 is 39.3 Å². The molecule has 2 fully saturated rings. The van der Waals surface area contributed by atoms with Gasteiger partial charge in [0.05, 0.1) is 5.25 Å². The molecule has 0 aromatic heterocycles. The van der Waals surface area contributed by atoms with Crippen molar-refractivity contribution in [3.8, 4) is 0 Å². The molecule has 6 nitrogen and oxygen atoms in total. The number of piperazine rings is 1. The van der Waals surface area contributed by atoms with Crippen LogP contribution in [0.15, 0.2) is 66.7 Å². The molecule has 10 heteroatoms. The first-order chi connectivity index (χ1) is 19.6. The van der Waals surface area contributed by atoms with Gasteiger partial charge < -0.3 is 10.6 Å². The van der Waals surface area contributed by atoms with Crippen LogP contribution in [0.4, 0.5) is 18.9 Å². The number of hydrogen-bond donors (Lipinski definition) is 2. The minimum Gasteiger partial charge on any atom is -0.326 e. The highest BCUT2D eigenvalue weighted by Gasteiger charge is 2.45. The number of carbonyl (C=O) groups excluding carboxylic acids is 1. The van der Waals surface area contributed by atoms with Gasteiger partial charge in [-0.05, 0) is 80.1 Å². The Morgan fingerprint density at radius 1 is 0.976 bits per heavy atom. The summed E-state index contributed by atoms with van der Waals surface area (Å²) >= 11 is 0. The summed E-state index contributed by atoms with van der Waals surface area (Å²) in [5, 5.41) is 5.75. The van der Waals surface area contributed by atoms with Crippen molar-refractivity contribution in [3.63, 3.8) is 0 Å². The maximum Gasteiger partial charge on any atom is 0.225 e. The molecule has 1 heterocycles. The third kappa shape index (κ3) is 6.82. The lowest BCUT2D eigenvalue weighted by Gasteiger charge is -2.40. The summed E-state index contributed by atoms with van der Waals surface area (Å²) < 4.78 is 71.1. The Morgan fingerprint density at radius 3 is 2.22 bits per heavy atom. The molecule has 41 heavy (non-hydrogen) atoms. The van der Waals surface area contributed by atoms with Gasteiger partial charge in [0.2, 0.25) is 15.9 Å². The Hall–Kier alpha value is -3.21. The third-order valence-corrected chi connectivity index (χ3v) is 10.4. The quantitative estimate of drug-likeness (QED) is 0.336. The monoisotopic (exact) mass is 585 g/mol. The van der Waals surface area contributed by atoms with E-state index in [9.17, 15) is 22.0 Å². The van der Waals surface area contributed by atoms with Crippen molar-refractivity contribution in [3.05, 3.63) is 101 Å². The van der Waals surface area contributed by atoms with Crippen LogP contribution in [0.2, 0.25) is 0 Å². The Bertz CT molecular complexity index is 1470. The molecule has 2 unspecified atom stereocenters. The molecule has 0 spiro atoms. The van der Waals surface area contributed by atoms with E-state index in [1.54, 1.807) is 22.5 Å². The Morgan fingerprint density at radius 2 is 1.61 bits per heavy atom. The average molecular weight is 586 g/mol. The standard InChI is InChI=1S/C31H34F3N3O3S/c1-20-18-35-19-25(37(20)41(39,40)26-12-13-26)11-14-27-29(34)9-4-10-30(27)36-31(38)17-28(21-5-2-7-23(32)15-21)22-6-3-8-24(33)16-22/h2-10,15-16,20,25-26,28,35H,11-14,17-19H2,1H3,(H,36,38). The summed E-state index contributed by atoms with van der Waals surface area (Å²) in [6.07, 6.45) is 1.81. The van der Waals surface area contributed by atoms with Crippen molar-refractivity contribution in [2.45, 2.75) is 62.3 Å². The predicted octanol–water partition coefficient (Wildman–Crippen LogP) is 5.35. The number of benzene rings is 3. The van der Waals surface area contributed by atoms with Gasteiger partial charge in [-0.25, -0.2) is 21.6 Å². The number of hydrogen-bond acceptors (Lipinski definition) is 4. The Balaban J connectivity index is 1.34. The largest absolute Gasteiger partial charge is 0.326 e. The molecule has 1 aliphatic heterocycles. The molecule has 1 saturated heterocycles. The zero-order chi connectivity index (χ0) is 29.1. The number of rotatable bonds is 10. The molecule has 3 aromatic carbocycles. The van der Waals surface area contributed by atoms with Crippen molar-refractivity contribution >= 4 is 21.6 Å². The highest BCUT2D eigenvalue weighted by atomic mass is 32.2. The van der Waals surface area contributed by atoms with E-state index in [-0.39, 0.29) is 35.7 Å². The normalized spacial score (nSPS) is 19.8. The van der Waals surface area contributed by atoms with Crippen LogP contribution < -0.4 is 10.6 Å². The number of carbonyl (C=O) groups is 1. The first-order valence-corrected chi connectivity index (χ1v) is 15.4. The first-order valence-electron chi connectivity index (χ1n) is 13.9. The predicted molar refractivity (Wildman–Crippen MR) is 153 cm³/mol. The first kappa shape index (κ1) is 29.3. The minimum atomic E-state index is -3.43. The van der Waals surface area contributed by atoms with Crippen LogP contribution in [0.1, 0.15) is 55.2 Å². The van der Waals surface area contributed by atoms with E-state index >= 15 is 4.39 Å². The van der Waals surface area contributed by atoms with Gasteiger partial charge in [-0.1, -0.05) is 30.3 Å². The topological polar surface area (TPSA) is 78.5 Å². The number of sulfonamides is 1. The van der Waals surface area contributed by atoms with Gasteiger partial charge in [0.1, 0.15) is 17.5 Å². The number of nitrogens with one attached hydrogen (secondary N) is 2. The molecule has 2 atom stereocenters. The third-order valence-electron chi connectivity index (χ3n) is 7.87. The summed E-state index contributed by atoms with van der Waals surface area (Å²) in [6.45, 7) is 2.90. The second kappa shape index (κ2) is 12.3. The average Bonchev–Trinajstić information content (AvgIpc) is 3.78. The SMILES string of the molecule is CC1CNCC(CCc2c(F)cccc2NC(=O)CC(c2cccc(F)c2)c2cccc(F)c2)N1S(=O)(=O)C1CC1. The van der Waals surface area contributed by atoms with Gasteiger partial charge in [-0.15, -0.1) is 0 Å². The van der Waals surface area contributed by atoms with E-state index in [0.29, 0.717) is 49.2 Å². The second-order valence-corrected chi connectivity index (χ2v) is 13.1. The molecule has 3 aromatic rings. The van der Waals surface area contributed by atoms with Gasteiger partial charge in [-0.3, -0.25) is 4.79 Å². The van der Waals surface area contributed by atoms with Gasteiger partial charge in [-0.2, -0.15) is 4.31 Å².